The first-order valence-electron chi connectivity index (χ1n) is 9.41. The SMILES string of the molecule is CCCCOc1ccccc1C=CC(=O)Nc1nc(-c2ccccc2)c(C)s1. The maximum atomic E-state index is 12.3. The summed E-state index contributed by atoms with van der Waals surface area (Å²) < 4.78 is 5.80. The fraction of sp³-hybridized carbons (Fsp3) is 0.217. The summed E-state index contributed by atoms with van der Waals surface area (Å²) in [5.41, 5.74) is 2.83. The van der Waals surface area contributed by atoms with E-state index in [1.165, 1.54) is 17.4 Å². The van der Waals surface area contributed by atoms with Gasteiger partial charge in [0.2, 0.25) is 5.91 Å². The number of rotatable bonds is 8. The van der Waals surface area contributed by atoms with E-state index in [1.807, 2.05) is 61.5 Å². The Labute approximate surface area is 169 Å². The maximum absolute atomic E-state index is 12.3. The number of hydrogen-bond acceptors (Lipinski definition) is 4. The smallest absolute Gasteiger partial charge is 0.250 e. The summed E-state index contributed by atoms with van der Waals surface area (Å²) in [6.07, 6.45) is 5.38. The Morgan fingerprint density at radius 2 is 1.89 bits per heavy atom. The highest BCUT2D eigenvalue weighted by Crippen LogP contribution is 2.30. The quantitative estimate of drug-likeness (QED) is 0.381. The van der Waals surface area contributed by atoms with E-state index in [1.54, 1.807) is 6.08 Å². The Kier molecular flexibility index (Phi) is 6.98. The summed E-state index contributed by atoms with van der Waals surface area (Å²) in [5.74, 6) is 0.577. The van der Waals surface area contributed by atoms with E-state index < -0.39 is 0 Å². The van der Waals surface area contributed by atoms with Crippen molar-refractivity contribution in [3.05, 3.63) is 71.1 Å². The monoisotopic (exact) mass is 392 g/mol. The molecule has 5 heteroatoms. The third-order valence-electron chi connectivity index (χ3n) is 4.16. The number of aromatic nitrogens is 1. The largest absolute Gasteiger partial charge is 0.493 e. The second kappa shape index (κ2) is 9.85. The van der Waals surface area contributed by atoms with Crippen LogP contribution in [0, 0.1) is 6.92 Å². The molecule has 0 aliphatic carbocycles. The van der Waals surface area contributed by atoms with E-state index in [4.69, 9.17) is 4.74 Å². The lowest BCUT2D eigenvalue weighted by Gasteiger charge is -2.08. The van der Waals surface area contributed by atoms with Crippen molar-refractivity contribution >= 4 is 28.5 Å². The van der Waals surface area contributed by atoms with Crippen molar-refractivity contribution in [2.75, 3.05) is 11.9 Å². The zero-order chi connectivity index (χ0) is 19.8. The molecule has 4 nitrogen and oxygen atoms in total. The van der Waals surface area contributed by atoms with Gasteiger partial charge in [0.15, 0.2) is 5.13 Å². The summed E-state index contributed by atoms with van der Waals surface area (Å²) in [6, 6.07) is 17.7. The van der Waals surface area contributed by atoms with Crippen LogP contribution in [0.3, 0.4) is 0 Å². The average Bonchev–Trinajstić information content (AvgIpc) is 3.08. The van der Waals surface area contributed by atoms with E-state index in [9.17, 15) is 4.79 Å². The van der Waals surface area contributed by atoms with Crippen LogP contribution in [0.1, 0.15) is 30.2 Å². The minimum atomic E-state index is -0.211. The van der Waals surface area contributed by atoms with Gasteiger partial charge < -0.3 is 4.74 Å². The van der Waals surface area contributed by atoms with Gasteiger partial charge in [0.1, 0.15) is 5.75 Å². The van der Waals surface area contributed by atoms with Gasteiger partial charge in [-0.2, -0.15) is 0 Å². The molecule has 2 aromatic carbocycles. The number of aryl methyl sites for hydroxylation is 1. The number of amides is 1. The summed E-state index contributed by atoms with van der Waals surface area (Å²) >= 11 is 1.47. The van der Waals surface area contributed by atoms with Crippen molar-refractivity contribution in [2.24, 2.45) is 0 Å². The maximum Gasteiger partial charge on any atom is 0.250 e. The van der Waals surface area contributed by atoms with Gasteiger partial charge in [-0.25, -0.2) is 4.98 Å². The Bertz CT molecular complexity index is 948. The Morgan fingerprint density at radius 1 is 1.14 bits per heavy atom. The minimum Gasteiger partial charge on any atom is -0.493 e. The number of nitrogens with zero attached hydrogens (tertiary/aromatic N) is 1. The zero-order valence-corrected chi connectivity index (χ0v) is 17.0. The number of benzene rings is 2. The van der Waals surface area contributed by atoms with Crippen LogP contribution in [0.15, 0.2) is 60.7 Å². The van der Waals surface area contributed by atoms with E-state index in [0.29, 0.717) is 11.7 Å². The molecule has 0 aliphatic heterocycles. The Balaban J connectivity index is 1.67. The van der Waals surface area contributed by atoms with Crippen LogP contribution < -0.4 is 10.1 Å². The van der Waals surface area contributed by atoms with Crippen LogP contribution in [0.2, 0.25) is 0 Å². The summed E-state index contributed by atoms with van der Waals surface area (Å²) in [4.78, 5) is 18.0. The third-order valence-corrected chi connectivity index (χ3v) is 5.05. The summed E-state index contributed by atoms with van der Waals surface area (Å²) in [6.45, 7) is 4.81. The Hall–Kier alpha value is -2.92. The van der Waals surface area contributed by atoms with Crippen LogP contribution in [0.25, 0.3) is 17.3 Å². The first-order valence-corrected chi connectivity index (χ1v) is 10.2. The number of thiazole rings is 1. The van der Waals surface area contributed by atoms with Gasteiger partial charge >= 0.3 is 0 Å². The van der Waals surface area contributed by atoms with E-state index in [2.05, 4.69) is 17.2 Å². The molecule has 28 heavy (non-hydrogen) atoms. The molecule has 1 aromatic heterocycles. The molecule has 0 spiro atoms. The highest BCUT2D eigenvalue weighted by Gasteiger charge is 2.11. The molecule has 0 saturated carbocycles. The standard InChI is InChI=1S/C23H24N2O2S/c1-3-4-16-27-20-13-9-8-10-18(20)14-15-21(26)24-23-25-22(17(2)28-23)19-11-6-5-7-12-19/h5-15H,3-4,16H2,1-2H3,(H,24,25,26). The number of carbonyl (C=O) groups excluding carboxylic acids is 1. The predicted octanol–water partition coefficient (Wildman–Crippen LogP) is 5.95. The molecule has 1 heterocycles. The van der Waals surface area contributed by atoms with Gasteiger partial charge in [0.05, 0.1) is 12.3 Å². The molecule has 3 rings (SSSR count). The molecule has 0 aliphatic rings. The lowest BCUT2D eigenvalue weighted by molar-refractivity contribution is -0.111. The second-order valence-corrected chi connectivity index (χ2v) is 7.56. The van der Waals surface area contributed by atoms with Crippen molar-refractivity contribution < 1.29 is 9.53 Å². The van der Waals surface area contributed by atoms with Crippen LogP contribution in [0.5, 0.6) is 5.75 Å². The molecule has 0 radical (unpaired) electrons. The molecule has 3 aromatic rings. The summed E-state index contributed by atoms with van der Waals surface area (Å²) in [7, 11) is 0. The van der Waals surface area contributed by atoms with Crippen LogP contribution >= 0.6 is 11.3 Å². The second-order valence-electron chi connectivity index (χ2n) is 6.35. The molecule has 1 amide bonds. The molecule has 0 fully saturated rings. The average molecular weight is 393 g/mol. The van der Waals surface area contributed by atoms with Gasteiger partial charge in [0, 0.05) is 22.1 Å². The number of carbonyl (C=O) groups is 1. The van der Waals surface area contributed by atoms with Gasteiger partial charge in [0.25, 0.3) is 0 Å². The molecule has 0 saturated heterocycles. The van der Waals surface area contributed by atoms with Crippen molar-refractivity contribution in [2.45, 2.75) is 26.7 Å². The van der Waals surface area contributed by atoms with Gasteiger partial charge in [-0.05, 0) is 25.5 Å². The first kappa shape index (κ1) is 19.8. The topological polar surface area (TPSA) is 51.2 Å². The highest BCUT2D eigenvalue weighted by atomic mass is 32.1. The molecule has 0 atom stereocenters. The van der Waals surface area contributed by atoms with Gasteiger partial charge in [-0.15, -0.1) is 11.3 Å². The van der Waals surface area contributed by atoms with Crippen LogP contribution in [-0.4, -0.2) is 17.5 Å². The van der Waals surface area contributed by atoms with E-state index in [0.717, 1.165) is 40.3 Å². The normalized spacial score (nSPS) is 10.9. The lowest BCUT2D eigenvalue weighted by Crippen LogP contribution is -2.07. The van der Waals surface area contributed by atoms with E-state index in [-0.39, 0.29) is 5.91 Å². The fourth-order valence-corrected chi connectivity index (χ4v) is 3.54. The minimum absolute atomic E-state index is 0.211. The number of ether oxygens (including phenoxy) is 1. The van der Waals surface area contributed by atoms with Gasteiger partial charge in [-0.1, -0.05) is 61.9 Å². The molecule has 1 N–H and O–H groups in total. The molecule has 144 valence electrons. The first-order chi connectivity index (χ1) is 13.7. The van der Waals surface area contributed by atoms with Crippen molar-refractivity contribution in [1.82, 2.24) is 4.98 Å². The zero-order valence-electron chi connectivity index (χ0n) is 16.1. The molecular formula is C23H24N2O2S. The Morgan fingerprint density at radius 3 is 2.68 bits per heavy atom. The number of anilines is 1. The van der Waals surface area contributed by atoms with Crippen LogP contribution in [-0.2, 0) is 4.79 Å². The number of unbranched alkanes of at least 4 members (excludes halogenated alkanes) is 1. The molecule has 0 unspecified atom stereocenters. The van der Waals surface area contributed by atoms with Gasteiger partial charge in [-0.3, -0.25) is 10.1 Å². The van der Waals surface area contributed by atoms with Crippen molar-refractivity contribution in [1.29, 1.82) is 0 Å². The highest BCUT2D eigenvalue weighted by molar-refractivity contribution is 7.16. The lowest BCUT2D eigenvalue weighted by atomic mass is 10.1. The number of para-hydroxylation sites is 1. The molecule has 0 bridgehead atoms. The van der Waals surface area contributed by atoms with Crippen LogP contribution in [0.4, 0.5) is 5.13 Å². The predicted molar refractivity (Wildman–Crippen MR) is 117 cm³/mol. The molecular weight excluding hydrogens is 368 g/mol. The fourth-order valence-electron chi connectivity index (χ4n) is 2.70. The van der Waals surface area contributed by atoms with E-state index >= 15 is 0 Å². The number of nitrogens with one attached hydrogen (secondary N) is 1. The summed E-state index contributed by atoms with van der Waals surface area (Å²) in [5, 5.41) is 3.45. The third kappa shape index (κ3) is 5.30. The van der Waals surface area contributed by atoms with Crippen molar-refractivity contribution in [3.63, 3.8) is 0 Å². The van der Waals surface area contributed by atoms with Crippen molar-refractivity contribution in [3.8, 4) is 17.0 Å². The number of hydrogen-bond donors (Lipinski definition) is 1.